The maximum Gasteiger partial charge on any atom is 0.133 e. The highest BCUT2D eigenvalue weighted by atomic mass is 15.3. The fourth-order valence-electron chi connectivity index (χ4n) is 3.84. The predicted octanol–water partition coefficient (Wildman–Crippen LogP) is 2.09. The van der Waals surface area contributed by atoms with Gasteiger partial charge in [0.1, 0.15) is 5.82 Å². The van der Waals surface area contributed by atoms with Gasteiger partial charge in [-0.25, -0.2) is 4.98 Å². The van der Waals surface area contributed by atoms with Gasteiger partial charge in [0.25, 0.3) is 0 Å². The summed E-state index contributed by atoms with van der Waals surface area (Å²) in [6.45, 7) is 10.1. The molecule has 1 unspecified atom stereocenters. The minimum atomic E-state index is 0.734. The summed E-state index contributed by atoms with van der Waals surface area (Å²) in [5.41, 5.74) is 3.86. The third-order valence-corrected chi connectivity index (χ3v) is 4.93. The van der Waals surface area contributed by atoms with E-state index in [9.17, 15) is 0 Å². The van der Waals surface area contributed by atoms with Gasteiger partial charge >= 0.3 is 0 Å². The zero-order valence-corrected chi connectivity index (χ0v) is 13.7. The lowest BCUT2D eigenvalue weighted by Crippen LogP contribution is -2.35. The molecule has 1 atom stereocenters. The van der Waals surface area contributed by atoms with Crippen LogP contribution in [0.15, 0.2) is 6.07 Å². The Kier molecular flexibility index (Phi) is 4.45. The van der Waals surface area contributed by atoms with Gasteiger partial charge in [-0.2, -0.15) is 0 Å². The topological polar surface area (TPSA) is 31.4 Å². The molecule has 3 rings (SSSR count). The molecule has 0 amide bonds. The maximum atomic E-state index is 4.86. The van der Waals surface area contributed by atoms with E-state index in [-0.39, 0.29) is 0 Å². The lowest BCUT2D eigenvalue weighted by atomic mass is 10.1. The van der Waals surface area contributed by atoms with Crippen molar-refractivity contribution in [3.8, 4) is 0 Å². The molecular weight excluding hydrogens is 260 g/mol. The molecule has 0 aliphatic carbocycles. The highest BCUT2D eigenvalue weighted by molar-refractivity contribution is 5.52. The van der Waals surface area contributed by atoms with Crippen molar-refractivity contribution in [2.45, 2.75) is 45.7 Å². The van der Waals surface area contributed by atoms with Crippen LogP contribution in [0.2, 0.25) is 0 Å². The monoisotopic (exact) mass is 288 g/mol. The van der Waals surface area contributed by atoms with Crippen molar-refractivity contribution in [1.82, 2.24) is 15.2 Å². The van der Waals surface area contributed by atoms with Crippen molar-refractivity contribution >= 4 is 5.82 Å². The molecule has 1 aromatic rings. The summed E-state index contributed by atoms with van der Waals surface area (Å²) in [5, 5.41) is 3.30. The molecule has 21 heavy (non-hydrogen) atoms. The number of aromatic nitrogens is 1. The Morgan fingerprint density at radius 2 is 2.00 bits per heavy atom. The van der Waals surface area contributed by atoms with Crippen molar-refractivity contribution < 1.29 is 0 Å². The summed E-state index contributed by atoms with van der Waals surface area (Å²) in [6.07, 6.45) is 4.04. The highest BCUT2D eigenvalue weighted by Crippen LogP contribution is 2.28. The second kappa shape index (κ2) is 6.32. The Morgan fingerprint density at radius 3 is 2.71 bits per heavy atom. The molecule has 0 aromatic carbocycles. The average molecular weight is 288 g/mol. The number of hydrogen-bond acceptors (Lipinski definition) is 4. The number of pyridine rings is 1. The van der Waals surface area contributed by atoms with Crippen molar-refractivity contribution in [2.75, 3.05) is 38.1 Å². The van der Waals surface area contributed by atoms with E-state index in [1.54, 1.807) is 0 Å². The van der Waals surface area contributed by atoms with E-state index < -0.39 is 0 Å². The lowest BCUT2D eigenvalue weighted by Gasteiger charge is -2.26. The summed E-state index contributed by atoms with van der Waals surface area (Å²) in [7, 11) is 2.01. The molecule has 0 saturated carbocycles. The molecule has 116 valence electrons. The molecular formula is C17H28N4. The predicted molar refractivity (Wildman–Crippen MR) is 87.9 cm³/mol. The quantitative estimate of drug-likeness (QED) is 0.919. The zero-order chi connectivity index (χ0) is 14.8. The Morgan fingerprint density at radius 1 is 1.24 bits per heavy atom. The molecule has 2 saturated heterocycles. The first-order valence-corrected chi connectivity index (χ1v) is 8.29. The van der Waals surface area contributed by atoms with Crippen molar-refractivity contribution in [1.29, 1.82) is 0 Å². The summed E-state index contributed by atoms with van der Waals surface area (Å²) < 4.78 is 0. The average Bonchev–Trinajstić information content (AvgIpc) is 3.10. The fourth-order valence-corrected chi connectivity index (χ4v) is 3.84. The van der Waals surface area contributed by atoms with Crippen molar-refractivity contribution in [3.05, 3.63) is 22.9 Å². The van der Waals surface area contributed by atoms with Gasteiger partial charge in [0.05, 0.1) is 0 Å². The van der Waals surface area contributed by atoms with E-state index in [1.165, 1.54) is 49.3 Å². The van der Waals surface area contributed by atoms with Gasteiger partial charge in [0.15, 0.2) is 0 Å². The van der Waals surface area contributed by atoms with Crippen LogP contribution >= 0.6 is 0 Å². The van der Waals surface area contributed by atoms with E-state index in [1.807, 2.05) is 7.05 Å². The van der Waals surface area contributed by atoms with Crippen LogP contribution in [0.4, 0.5) is 5.82 Å². The van der Waals surface area contributed by atoms with Crippen LogP contribution in [0, 0.1) is 13.8 Å². The number of likely N-dealkylation sites (tertiary alicyclic amines) is 1. The summed E-state index contributed by atoms with van der Waals surface area (Å²) in [5.74, 6) is 1.21. The summed E-state index contributed by atoms with van der Waals surface area (Å²) >= 11 is 0. The Labute approximate surface area is 128 Å². The van der Waals surface area contributed by atoms with Gasteiger partial charge in [0.2, 0.25) is 0 Å². The van der Waals surface area contributed by atoms with Crippen LogP contribution in [0.3, 0.4) is 0 Å². The van der Waals surface area contributed by atoms with Crippen LogP contribution in [0.5, 0.6) is 0 Å². The van der Waals surface area contributed by atoms with Crippen LogP contribution in [0.25, 0.3) is 0 Å². The smallest absolute Gasteiger partial charge is 0.133 e. The number of anilines is 1. The van der Waals surface area contributed by atoms with E-state index in [0.29, 0.717) is 0 Å². The van der Waals surface area contributed by atoms with Gasteiger partial charge in [-0.3, -0.25) is 4.90 Å². The molecule has 1 N–H and O–H groups in total. The van der Waals surface area contributed by atoms with Gasteiger partial charge in [-0.05, 0) is 64.9 Å². The fraction of sp³-hybridized carbons (Fsp3) is 0.706. The standard InChI is InChI=1S/C17H28N4/c1-13-10-14(2)19-17(16(13)11-18-3)21-9-6-15(12-21)20-7-4-5-8-20/h10,15,18H,4-9,11-12H2,1-3H3. The molecule has 4 nitrogen and oxygen atoms in total. The molecule has 0 spiro atoms. The van der Waals surface area contributed by atoms with Crippen molar-refractivity contribution in [2.24, 2.45) is 0 Å². The van der Waals surface area contributed by atoms with Crippen LogP contribution in [-0.2, 0) is 6.54 Å². The van der Waals surface area contributed by atoms with Gasteiger partial charge in [0, 0.05) is 36.9 Å². The van der Waals surface area contributed by atoms with Crippen LogP contribution in [0.1, 0.15) is 36.1 Å². The number of rotatable bonds is 4. The minimum Gasteiger partial charge on any atom is -0.355 e. The molecule has 2 aliphatic rings. The minimum absolute atomic E-state index is 0.734. The third kappa shape index (κ3) is 3.06. The number of nitrogens with one attached hydrogen (secondary N) is 1. The van der Waals surface area contributed by atoms with Crippen LogP contribution < -0.4 is 10.2 Å². The van der Waals surface area contributed by atoms with Gasteiger partial charge in [-0.15, -0.1) is 0 Å². The Balaban J connectivity index is 1.80. The SMILES string of the molecule is CNCc1c(C)cc(C)nc1N1CCC(N2CCCC2)C1. The molecule has 0 radical (unpaired) electrons. The second-order valence-electron chi connectivity index (χ2n) is 6.54. The maximum absolute atomic E-state index is 4.86. The molecule has 1 aromatic heterocycles. The van der Waals surface area contributed by atoms with Gasteiger partial charge in [-0.1, -0.05) is 0 Å². The van der Waals surface area contributed by atoms with E-state index >= 15 is 0 Å². The second-order valence-corrected chi connectivity index (χ2v) is 6.54. The van der Waals surface area contributed by atoms with E-state index in [4.69, 9.17) is 4.98 Å². The normalized spacial score (nSPS) is 23.2. The van der Waals surface area contributed by atoms with Gasteiger partial charge < -0.3 is 10.2 Å². The molecule has 0 bridgehead atoms. The highest BCUT2D eigenvalue weighted by Gasteiger charge is 2.31. The first-order chi connectivity index (χ1) is 10.2. The van der Waals surface area contributed by atoms with Crippen molar-refractivity contribution in [3.63, 3.8) is 0 Å². The number of aryl methyl sites for hydroxylation is 2. The summed E-state index contributed by atoms with van der Waals surface area (Å²) in [4.78, 5) is 10.1. The Hall–Kier alpha value is -1.13. The number of hydrogen-bond donors (Lipinski definition) is 1. The first kappa shape index (κ1) is 14.8. The third-order valence-electron chi connectivity index (χ3n) is 4.93. The molecule has 3 heterocycles. The Bertz CT molecular complexity index is 494. The van der Waals surface area contributed by atoms with E-state index in [2.05, 4.69) is 35.0 Å². The molecule has 2 aliphatic heterocycles. The lowest BCUT2D eigenvalue weighted by molar-refractivity contribution is 0.260. The zero-order valence-electron chi connectivity index (χ0n) is 13.7. The largest absolute Gasteiger partial charge is 0.355 e. The summed E-state index contributed by atoms with van der Waals surface area (Å²) in [6, 6.07) is 2.93. The number of nitrogens with zero attached hydrogens (tertiary/aromatic N) is 3. The van der Waals surface area contributed by atoms with E-state index in [0.717, 1.165) is 31.4 Å². The van der Waals surface area contributed by atoms with Crippen LogP contribution in [-0.4, -0.2) is 49.2 Å². The molecule has 2 fully saturated rings. The first-order valence-electron chi connectivity index (χ1n) is 8.29. The molecule has 4 heteroatoms.